The molecule has 2 aliphatic rings. The summed E-state index contributed by atoms with van der Waals surface area (Å²) in [7, 11) is 0. The molecule has 1 aromatic carbocycles. The topological polar surface area (TPSA) is 32.8 Å². The second-order valence-corrected chi connectivity index (χ2v) is 6.57. The minimum Gasteiger partial charge on any atom is -0.494 e. The average Bonchev–Trinajstić information content (AvgIpc) is 3.05. The van der Waals surface area contributed by atoms with Gasteiger partial charge in [0.1, 0.15) is 5.75 Å². The number of nitrogens with zero attached hydrogens (tertiary/aromatic N) is 2. The molecule has 0 saturated carbocycles. The van der Waals surface area contributed by atoms with Crippen LogP contribution in [-0.4, -0.2) is 48.5 Å². The van der Waals surface area contributed by atoms with E-state index >= 15 is 0 Å². The lowest BCUT2D eigenvalue weighted by Crippen LogP contribution is -2.42. The van der Waals surface area contributed by atoms with Gasteiger partial charge >= 0.3 is 0 Å². The fraction of sp³-hybridized carbons (Fsp3) is 0.632. The molecule has 2 aliphatic heterocycles. The molecule has 126 valence electrons. The number of hydrogen-bond acceptors (Lipinski definition) is 3. The number of ether oxygens (including phenoxy) is 1. The van der Waals surface area contributed by atoms with Crippen LogP contribution in [0.3, 0.4) is 0 Å². The molecular weight excluding hydrogens is 288 g/mol. The van der Waals surface area contributed by atoms with Gasteiger partial charge < -0.3 is 9.64 Å². The molecule has 4 heteroatoms. The van der Waals surface area contributed by atoms with Gasteiger partial charge in [0.15, 0.2) is 0 Å². The van der Waals surface area contributed by atoms with Crippen LogP contribution < -0.4 is 4.74 Å². The van der Waals surface area contributed by atoms with Gasteiger partial charge in [-0.05, 0) is 63.3 Å². The Morgan fingerprint density at radius 3 is 2.52 bits per heavy atom. The first-order valence-corrected chi connectivity index (χ1v) is 9.02. The molecule has 0 radical (unpaired) electrons. The van der Waals surface area contributed by atoms with Gasteiger partial charge in [-0.25, -0.2) is 0 Å². The van der Waals surface area contributed by atoms with Crippen LogP contribution in [0.2, 0.25) is 0 Å². The maximum atomic E-state index is 12.5. The summed E-state index contributed by atoms with van der Waals surface area (Å²) in [5.74, 6) is 1.23. The Morgan fingerprint density at radius 1 is 1.09 bits per heavy atom. The molecule has 0 aromatic heterocycles. The lowest BCUT2D eigenvalue weighted by atomic mass is 10.0. The van der Waals surface area contributed by atoms with Crippen molar-refractivity contribution >= 4 is 5.91 Å². The largest absolute Gasteiger partial charge is 0.494 e. The molecule has 2 heterocycles. The van der Waals surface area contributed by atoms with Gasteiger partial charge in [0, 0.05) is 19.1 Å². The summed E-state index contributed by atoms with van der Waals surface area (Å²) in [5.41, 5.74) is 1.30. The molecule has 4 nitrogen and oxygen atoms in total. The van der Waals surface area contributed by atoms with Crippen LogP contribution in [0, 0.1) is 0 Å². The van der Waals surface area contributed by atoms with E-state index in [-0.39, 0.29) is 0 Å². The second kappa shape index (κ2) is 7.82. The van der Waals surface area contributed by atoms with Crippen molar-refractivity contribution in [1.29, 1.82) is 0 Å². The van der Waals surface area contributed by atoms with Crippen LogP contribution in [-0.2, 0) is 4.79 Å². The summed E-state index contributed by atoms with van der Waals surface area (Å²) in [4.78, 5) is 16.9. The Bertz CT molecular complexity index is 509. The summed E-state index contributed by atoms with van der Waals surface area (Å²) in [5, 5.41) is 0. The zero-order chi connectivity index (χ0) is 16.1. The highest BCUT2D eigenvalue weighted by Crippen LogP contribution is 2.32. The summed E-state index contributed by atoms with van der Waals surface area (Å²) in [6.07, 6.45) is 5.90. The summed E-state index contributed by atoms with van der Waals surface area (Å²) < 4.78 is 5.52. The summed E-state index contributed by atoms with van der Waals surface area (Å²) >= 11 is 0. The molecule has 2 saturated heterocycles. The van der Waals surface area contributed by atoms with Gasteiger partial charge in [-0.1, -0.05) is 12.1 Å². The van der Waals surface area contributed by atoms with E-state index in [4.69, 9.17) is 4.74 Å². The molecule has 23 heavy (non-hydrogen) atoms. The van der Waals surface area contributed by atoms with Crippen molar-refractivity contribution in [3.8, 4) is 5.75 Å². The molecule has 1 amide bonds. The molecule has 0 aliphatic carbocycles. The van der Waals surface area contributed by atoms with Crippen molar-refractivity contribution in [2.45, 2.75) is 45.1 Å². The van der Waals surface area contributed by atoms with E-state index in [1.807, 2.05) is 19.1 Å². The number of piperidine rings is 1. The number of carbonyl (C=O) groups is 1. The Kier molecular flexibility index (Phi) is 5.55. The maximum Gasteiger partial charge on any atom is 0.236 e. The van der Waals surface area contributed by atoms with Crippen LogP contribution >= 0.6 is 0 Å². The van der Waals surface area contributed by atoms with E-state index in [1.54, 1.807) is 0 Å². The van der Waals surface area contributed by atoms with Gasteiger partial charge in [-0.3, -0.25) is 9.69 Å². The fourth-order valence-corrected chi connectivity index (χ4v) is 3.76. The monoisotopic (exact) mass is 316 g/mol. The highest BCUT2D eigenvalue weighted by atomic mass is 16.5. The third-order valence-corrected chi connectivity index (χ3v) is 4.99. The van der Waals surface area contributed by atoms with E-state index in [2.05, 4.69) is 21.9 Å². The average molecular weight is 316 g/mol. The Morgan fingerprint density at radius 2 is 1.83 bits per heavy atom. The summed E-state index contributed by atoms with van der Waals surface area (Å²) in [6.45, 7) is 6.17. The first-order chi connectivity index (χ1) is 11.3. The van der Waals surface area contributed by atoms with Crippen molar-refractivity contribution in [3.63, 3.8) is 0 Å². The number of likely N-dealkylation sites (tertiary alicyclic amines) is 2. The minimum atomic E-state index is 0.308. The first kappa shape index (κ1) is 16.3. The summed E-state index contributed by atoms with van der Waals surface area (Å²) in [6, 6.07) is 8.77. The number of benzene rings is 1. The second-order valence-electron chi connectivity index (χ2n) is 6.57. The predicted octanol–water partition coefficient (Wildman–Crippen LogP) is 3.23. The van der Waals surface area contributed by atoms with Gasteiger partial charge in [-0.2, -0.15) is 0 Å². The van der Waals surface area contributed by atoms with E-state index < -0.39 is 0 Å². The minimum absolute atomic E-state index is 0.308. The third kappa shape index (κ3) is 4.05. The predicted molar refractivity (Wildman–Crippen MR) is 91.6 cm³/mol. The van der Waals surface area contributed by atoms with Gasteiger partial charge in [0.2, 0.25) is 5.91 Å². The van der Waals surface area contributed by atoms with Gasteiger partial charge in [0.05, 0.1) is 13.2 Å². The Labute approximate surface area is 139 Å². The van der Waals surface area contributed by atoms with E-state index in [1.165, 1.54) is 18.4 Å². The van der Waals surface area contributed by atoms with Crippen molar-refractivity contribution in [1.82, 2.24) is 9.80 Å². The number of amides is 1. The number of rotatable bonds is 5. The normalized spacial score (nSPS) is 22.3. The molecule has 1 unspecified atom stereocenters. The van der Waals surface area contributed by atoms with E-state index in [0.29, 0.717) is 25.1 Å². The van der Waals surface area contributed by atoms with Crippen molar-refractivity contribution in [2.75, 3.05) is 32.8 Å². The molecule has 3 rings (SSSR count). The van der Waals surface area contributed by atoms with Crippen molar-refractivity contribution in [2.24, 2.45) is 0 Å². The highest BCUT2D eigenvalue weighted by Gasteiger charge is 2.29. The van der Waals surface area contributed by atoms with Gasteiger partial charge in [0.25, 0.3) is 0 Å². The van der Waals surface area contributed by atoms with Crippen LogP contribution in [0.5, 0.6) is 5.75 Å². The van der Waals surface area contributed by atoms with Crippen molar-refractivity contribution < 1.29 is 9.53 Å². The molecule has 1 atom stereocenters. The molecule has 0 N–H and O–H groups in total. The SMILES string of the molecule is CCOc1ccc(C2CCCN2CC(=O)N2CCCCC2)cc1. The first-order valence-electron chi connectivity index (χ1n) is 9.02. The van der Waals surface area contributed by atoms with Crippen LogP contribution in [0.4, 0.5) is 0 Å². The van der Waals surface area contributed by atoms with Crippen molar-refractivity contribution in [3.05, 3.63) is 29.8 Å². The lowest BCUT2D eigenvalue weighted by Gasteiger charge is -2.31. The molecule has 0 spiro atoms. The van der Waals surface area contributed by atoms with Crippen LogP contribution in [0.15, 0.2) is 24.3 Å². The smallest absolute Gasteiger partial charge is 0.236 e. The van der Waals surface area contributed by atoms with E-state index in [9.17, 15) is 4.79 Å². The zero-order valence-corrected chi connectivity index (χ0v) is 14.2. The Balaban J connectivity index is 1.61. The quantitative estimate of drug-likeness (QED) is 0.836. The van der Waals surface area contributed by atoms with Crippen LogP contribution in [0.1, 0.15) is 50.6 Å². The Hall–Kier alpha value is -1.55. The molecular formula is C19H28N2O2. The molecule has 0 bridgehead atoms. The zero-order valence-electron chi connectivity index (χ0n) is 14.2. The lowest BCUT2D eigenvalue weighted by molar-refractivity contribution is -0.133. The third-order valence-electron chi connectivity index (χ3n) is 4.99. The van der Waals surface area contributed by atoms with Gasteiger partial charge in [-0.15, -0.1) is 0 Å². The maximum absolute atomic E-state index is 12.5. The number of carbonyl (C=O) groups excluding carboxylic acids is 1. The van der Waals surface area contributed by atoms with E-state index in [0.717, 1.165) is 44.6 Å². The van der Waals surface area contributed by atoms with Crippen LogP contribution in [0.25, 0.3) is 0 Å². The standard InChI is InChI=1S/C19H28N2O2/c1-2-23-17-10-8-16(9-11-17)18-7-6-14-21(18)15-19(22)20-12-4-3-5-13-20/h8-11,18H,2-7,12-15H2,1H3. The number of hydrogen-bond donors (Lipinski definition) is 0. The molecule has 1 aromatic rings. The highest BCUT2D eigenvalue weighted by molar-refractivity contribution is 5.78. The fourth-order valence-electron chi connectivity index (χ4n) is 3.76. The molecule has 2 fully saturated rings.